The van der Waals surface area contributed by atoms with Crippen molar-refractivity contribution in [3.8, 4) is 11.5 Å². The molecule has 4 amide bonds. The van der Waals surface area contributed by atoms with Crippen LogP contribution >= 0.6 is 22.7 Å². The molecule has 6 atom stereocenters. The van der Waals surface area contributed by atoms with Crippen molar-refractivity contribution < 1.29 is 29.0 Å². The first kappa shape index (κ1) is 27.1. The highest BCUT2D eigenvalue weighted by molar-refractivity contribution is 7.10. The molecule has 216 valence electrons. The standard InChI is InChI=1S/C32H30N2O6S2/c1-2-40-24-9-3-8-20(28(24)35)25-19-10-11-21-26(31(38)33(29(21)36)15-17-6-4-12-41-17)22(19)14-23-27(25)32(39)34(30(23)37)16-18-7-5-13-42-18/h3-10,12-13,21-23,25-27,35H,2,11,14-16H2,1H3. The smallest absolute Gasteiger partial charge is 0.234 e. The van der Waals surface area contributed by atoms with E-state index in [9.17, 15) is 24.3 Å². The SMILES string of the molecule is CCOc1cccc(C2C3=CCC4C(=O)N(Cc5cccs5)C(=O)C4C3CC3C(=O)N(Cc4cccs4)C(=O)C32)c1O. The minimum Gasteiger partial charge on any atom is -0.504 e. The van der Waals surface area contributed by atoms with Crippen LogP contribution in [0.3, 0.4) is 0 Å². The maximum absolute atomic E-state index is 14.1. The Morgan fingerprint density at radius 3 is 2.07 bits per heavy atom. The van der Waals surface area contributed by atoms with Crippen LogP contribution in [-0.4, -0.2) is 45.1 Å². The Balaban J connectivity index is 1.31. The summed E-state index contributed by atoms with van der Waals surface area (Å²) in [6.07, 6.45) is 2.69. The monoisotopic (exact) mass is 602 g/mol. The number of likely N-dealkylation sites (tertiary alicyclic amines) is 2. The quantitative estimate of drug-likeness (QED) is 0.303. The molecule has 4 heterocycles. The summed E-state index contributed by atoms with van der Waals surface area (Å²) >= 11 is 2.99. The maximum atomic E-state index is 14.1. The van der Waals surface area contributed by atoms with Gasteiger partial charge in [0.2, 0.25) is 23.6 Å². The number of phenolic OH excluding ortho intramolecular Hbond substituents is 1. The highest BCUT2D eigenvalue weighted by atomic mass is 32.1. The first-order chi connectivity index (χ1) is 20.4. The predicted octanol–water partition coefficient (Wildman–Crippen LogP) is 4.95. The molecule has 2 saturated heterocycles. The number of hydrogen-bond donors (Lipinski definition) is 1. The first-order valence-electron chi connectivity index (χ1n) is 14.3. The third-order valence-electron chi connectivity index (χ3n) is 9.28. The molecule has 2 aromatic heterocycles. The summed E-state index contributed by atoms with van der Waals surface area (Å²) < 4.78 is 5.68. The molecule has 0 spiro atoms. The number of benzene rings is 1. The molecule has 0 bridgehead atoms. The van der Waals surface area contributed by atoms with Crippen molar-refractivity contribution in [3.05, 3.63) is 80.2 Å². The molecule has 3 aromatic rings. The lowest BCUT2D eigenvalue weighted by Crippen LogP contribution is -2.43. The molecule has 2 aliphatic heterocycles. The number of nitrogens with zero attached hydrogens (tertiary/aromatic N) is 2. The summed E-state index contributed by atoms with van der Waals surface area (Å²) in [5, 5.41) is 15.2. The summed E-state index contributed by atoms with van der Waals surface area (Å²) in [5.74, 6) is -4.15. The van der Waals surface area contributed by atoms with E-state index in [1.807, 2.05) is 48.0 Å². The minimum atomic E-state index is -0.714. The summed E-state index contributed by atoms with van der Waals surface area (Å²) in [6, 6.07) is 12.8. The Morgan fingerprint density at radius 1 is 0.810 bits per heavy atom. The average Bonchev–Trinajstić information content (AvgIpc) is 3.78. The molecule has 42 heavy (non-hydrogen) atoms. The zero-order chi connectivity index (χ0) is 29.1. The van der Waals surface area contributed by atoms with E-state index in [1.165, 1.54) is 32.5 Å². The number of thiophene rings is 2. The molecule has 0 radical (unpaired) electrons. The van der Waals surface area contributed by atoms with Gasteiger partial charge in [0.05, 0.1) is 43.4 Å². The van der Waals surface area contributed by atoms with Gasteiger partial charge in [-0.15, -0.1) is 22.7 Å². The fourth-order valence-corrected chi connectivity index (χ4v) is 8.94. The molecule has 2 aliphatic carbocycles. The van der Waals surface area contributed by atoms with Crippen LogP contribution in [-0.2, 0) is 32.3 Å². The number of amides is 4. The second-order valence-corrected chi connectivity index (χ2v) is 13.4. The molecule has 1 aromatic carbocycles. The van der Waals surface area contributed by atoms with Crippen molar-refractivity contribution in [1.82, 2.24) is 9.80 Å². The molecule has 4 aliphatic rings. The largest absolute Gasteiger partial charge is 0.504 e. The van der Waals surface area contributed by atoms with Crippen LogP contribution in [0.4, 0.5) is 0 Å². The molecule has 10 heteroatoms. The van der Waals surface area contributed by atoms with Gasteiger partial charge in [-0.25, -0.2) is 0 Å². The maximum Gasteiger partial charge on any atom is 0.234 e. The number of carbonyl (C=O) groups is 4. The van der Waals surface area contributed by atoms with Gasteiger partial charge in [0.15, 0.2) is 11.5 Å². The van der Waals surface area contributed by atoms with Gasteiger partial charge in [0, 0.05) is 21.2 Å². The summed E-state index contributed by atoms with van der Waals surface area (Å²) in [7, 11) is 0. The van der Waals surface area contributed by atoms with E-state index in [1.54, 1.807) is 18.2 Å². The summed E-state index contributed by atoms with van der Waals surface area (Å²) in [4.78, 5) is 60.1. The third kappa shape index (κ3) is 4.14. The van der Waals surface area contributed by atoms with Crippen LogP contribution in [0.2, 0.25) is 0 Å². The zero-order valence-corrected chi connectivity index (χ0v) is 24.6. The van der Waals surface area contributed by atoms with Gasteiger partial charge in [-0.2, -0.15) is 0 Å². The van der Waals surface area contributed by atoms with E-state index < -0.39 is 35.5 Å². The lowest BCUT2D eigenvalue weighted by molar-refractivity contribution is -0.142. The first-order valence-corrected chi connectivity index (χ1v) is 16.0. The Kier molecular flexibility index (Phi) is 6.78. The molecular weight excluding hydrogens is 572 g/mol. The number of hydrogen-bond acceptors (Lipinski definition) is 8. The fraction of sp³-hybridized carbons (Fsp3) is 0.375. The van der Waals surface area contributed by atoms with E-state index in [4.69, 9.17) is 4.74 Å². The van der Waals surface area contributed by atoms with Crippen LogP contribution in [0.15, 0.2) is 64.9 Å². The van der Waals surface area contributed by atoms with Crippen LogP contribution in [0, 0.1) is 29.6 Å². The highest BCUT2D eigenvalue weighted by Gasteiger charge is 2.62. The molecule has 6 unspecified atom stereocenters. The number of rotatable bonds is 7. The van der Waals surface area contributed by atoms with Crippen molar-refractivity contribution in [2.24, 2.45) is 29.6 Å². The molecule has 7 rings (SSSR count). The predicted molar refractivity (Wildman–Crippen MR) is 157 cm³/mol. The van der Waals surface area contributed by atoms with Crippen molar-refractivity contribution >= 4 is 46.3 Å². The lowest BCUT2D eigenvalue weighted by atomic mass is 9.57. The number of allylic oxidation sites excluding steroid dienone is 2. The summed E-state index contributed by atoms with van der Waals surface area (Å²) in [5.41, 5.74) is 1.37. The van der Waals surface area contributed by atoms with E-state index in [0.717, 1.165) is 15.3 Å². The Bertz CT molecular complexity index is 1600. The van der Waals surface area contributed by atoms with Crippen LogP contribution in [0.5, 0.6) is 11.5 Å². The van der Waals surface area contributed by atoms with Crippen molar-refractivity contribution in [2.75, 3.05) is 6.61 Å². The van der Waals surface area contributed by atoms with Gasteiger partial charge in [0.25, 0.3) is 0 Å². The van der Waals surface area contributed by atoms with Crippen molar-refractivity contribution in [1.29, 1.82) is 0 Å². The fourth-order valence-electron chi connectivity index (χ4n) is 7.56. The summed E-state index contributed by atoms with van der Waals surface area (Å²) in [6.45, 7) is 2.62. The lowest BCUT2D eigenvalue weighted by Gasteiger charge is -2.44. The van der Waals surface area contributed by atoms with Gasteiger partial charge < -0.3 is 9.84 Å². The zero-order valence-electron chi connectivity index (χ0n) is 23.0. The number of fused-ring (bicyclic) bond motifs is 4. The number of aromatic hydroxyl groups is 1. The average molecular weight is 603 g/mol. The van der Waals surface area contributed by atoms with Crippen LogP contribution in [0.1, 0.15) is 41.0 Å². The van der Waals surface area contributed by atoms with Gasteiger partial charge in [-0.1, -0.05) is 35.9 Å². The van der Waals surface area contributed by atoms with Crippen molar-refractivity contribution in [2.45, 2.75) is 38.8 Å². The second-order valence-electron chi connectivity index (χ2n) is 11.3. The molecular formula is C32H30N2O6S2. The topological polar surface area (TPSA) is 104 Å². The van der Waals surface area contributed by atoms with Gasteiger partial charge in [0.1, 0.15) is 0 Å². The van der Waals surface area contributed by atoms with Crippen molar-refractivity contribution in [3.63, 3.8) is 0 Å². The van der Waals surface area contributed by atoms with E-state index >= 15 is 0 Å². The Hall–Kier alpha value is -3.76. The van der Waals surface area contributed by atoms with Crippen LogP contribution < -0.4 is 4.74 Å². The Labute approximate surface area is 251 Å². The molecule has 3 fully saturated rings. The number of ether oxygens (including phenoxy) is 1. The second kappa shape index (κ2) is 10.5. The van der Waals surface area contributed by atoms with Gasteiger partial charge in [-0.05, 0) is 54.6 Å². The van der Waals surface area contributed by atoms with Crippen LogP contribution in [0.25, 0.3) is 0 Å². The van der Waals surface area contributed by atoms with E-state index in [2.05, 4.69) is 0 Å². The molecule has 1 N–H and O–H groups in total. The van der Waals surface area contributed by atoms with E-state index in [0.29, 0.717) is 30.8 Å². The number of carbonyl (C=O) groups excluding carboxylic acids is 4. The number of para-hydroxylation sites is 1. The van der Waals surface area contributed by atoms with Gasteiger partial charge in [-0.3, -0.25) is 29.0 Å². The van der Waals surface area contributed by atoms with Gasteiger partial charge >= 0.3 is 0 Å². The Morgan fingerprint density at radius 2 is 1.45 bits per heavy atom. The number of imide groups is 2. The highest BCUT2D eigenvalue weighted by Crippen LogP contribution is 2.59. The number of phenols is 1. The molecule has 1 saturated carbocycles. The normalized spacial score (nSPS) is 28.5. The van der Waals surface area contributed by atoms with E-state index in [-0.39, 0.29) is 42.5 Å². The minimum absolute atomic E-state index is 0.0584. The third-order valence-corrected chi connectivity index (χ3v) is 11.0. The molecule has 8 nitrogen and oxygen atoms in total.